The van der Waals surface area contributed by atoms with Gasteiger partial charge in [-0.3, -0.25) is 10.4 Å². The lowest BCUT2D eigenvalue weighted by atomic mass is 10.3. The molecule has 0 aliphatic rings. The van der Waals surface area contributed by atoms with E-state index in [0.717, 1.165) is 0 Å². The zero-order valence-electron chi connectivity index (χ0n) is 9.62. The first-order chi connectivity index (χ1) is 8.56. The van der Waals surface area contributed by atoms with Crippen molar-refractivity contribution in [3.63, 3.8) is 0 Å². The molecular weight excluding hydrogens is 254 g/mol. The van der Waals surface area contributed by atoms with Gasteiger partial charge in [-0.05, 0) is 31.2 Å². The van der Waals surface area contributed by atoms with Crippen molar-refractivity contribution < 1.29 is 4.79 Å². The molecule has 0 radical (unpaired) electrons. The number of benzene rings is 1. The molecule has 2 rings (SSSR count). The second-order valence-corrected chi connectivity index (χ2v) is 4.13. The van der Waals surface area contributed by atoms with Crippen molar-refractivity contribution in [1.29, 1.82) is 0 Å². The summed E-state index contributed by atoms with van der Waals surface area (Å²) in [6.45, 7) is 1.77. The smallest absolute Gasteiger partial charge is 0.324 e. The molecule has 0 saturated heterocycles. The van der Waals surface area contributed by atoms with Crippen LogP contribution in [0.3, 0.4) is 0 Å². The standard InChI is InChI=1S/C11H12ClN5O/c1-6-9(13)10(17-16-6)15-11(18)14-8-4-2-7(12)3-5-8/h2-5H,13H2,1H3,(H3,14,15,16,17,18). The number of halogens is 1. The van der Waals surface area contributed by atoms with Gasteiger partial charge in [0.25, 0.3) is 0 Å². The van der Waals surface area contributed by atoms with E-state index in [1.54, 1.807) is 31.2 Å². The average molecular weight is 266 g/mol. The largest absolute Gasteiger partial charge is 0.394 e. The Hall–Kier alpha value is -2.21. The normalized spacial score (nSPS) is 10.1. The Morgan fingerprint density at radius 1 is 1.33 bits per heavy atom. The van der Waals surface area contributed by atoms with E-state index in [4.69, 9.17) is 17.3 Å². The van der Waals surface area contributed by atoms with Crippen molar-refractivity contribution in [2.45, 2.75) is 6.92 Å². The number of urea groups is 1. The Morgan fingerprint density at radius 2 is 2.00 bits per heavy atom. The molecule has 94 valence electrons. The first kappa shape index (κ1) is 12.3. The van der Waals surface area contributed by atoms with E-state index in [0.29, 0.717) is 27.9 Å². The number of nitrogens with two attached hydrogens (primary N) is 1. The van der Waals surface area contributed by atoms with E-state index in [9.17, 15) is 4.79 Å². The molecule has 0 saturated carbocycles. The minimum absolute atomic E-state index is 0.305. The van der Waals surface area contributed by atoms with Crippen LogP contribution in [0.4, 0.5) is 22.0 Å². The number of nitrogens with zero attached hydrogens (tertiary/aromatic N) is 1. The fraction of sp³-hybridized carbons (Fsp3) is 0.0909. The SMILES string of the molecule is Cc1[nH]nc(NC(=O)Nc2ccc(Cl)cc2)c1N. The van der Waals surface area contributed by atoms with Gasteiger partial charge >= 0.3 is 6.03 Å². The molecule has 5 N–H and O–H groups in total. The third-order valence-corrected chi connectivity index (χ3v) is 2.58. The summed E-state index contributed by atoms with van der Waals surface area (Å²) in [4.78, 5) is 11.7. The second kappa shape index (κ2) is 4.97. The van der Waals surface area contributed by atoms with E-state index in [1.165, 1.54) is 0 Å². The summed E-state index contributed by atoms with van der Waals surface area (Å²) < 4.78 is 0. The Balaban J connectivity index is 2.01. The molecule has 2 amide bonds. The van der Waals surface area contributed by atoms with Crippen molar-refractivity contribution in [3.8, 4) is 0 Å². The number of carbonyl (C=O) groups excluding carboxylic acids is 1. The number of aromatic nitrogens is 2. The van der Waals surface area contributed by atoms with Crippen LogP contribution in [0.25, 0.3) is 0 Å². The molecule has 0 aliphatic heterocycles. The predicted molar refractivity (Wildman–Crippen MR) is 71.8 cm³/mol. The maximum atomic E-state index is 11.7. The minimum Gasteiger partial charge on any atom is -0.394 e. The number of amides is 2. The third kappa shape index (κ3) is 2.72. The summed E-state index contributed by atoms with van der Waals surface area (Å²) in [5, 5.41) is 12.3. The molecule has 0 fully saturated rings. The number of aromatic amines is 1. The van der Waals surface area contributed by atoms with Gasteiger partial charge in [-0.2, -0.15) is 5.10 Å². The van der Waals surface area contributed by atoms with E-state index in [1.807, 2.05) is 0 Å². The fourth-order valence-corrected chi connectivity index (χ4v) is 1.46. The molecule has 6 nitrogen and oxygen atoms in total. The van der Waals surface area contributed by atoms with Crippen LogP contribution in [0.5, 0.6) is 0 Å². The second-order valence-electron chi connectivity index (χ2n) is 3.70. The van der Waals surface area contributed by atoms with Crippen molar-refractivity contribution in [2.24, 2.45) is 0 Å². The lowest BCUT2D eigenvalue weighted by Crippen LogP contribution is -2.20. The van der Waals surface area contributed by atoms with Crippen LogP contribution in [0.1, 0.15) is 5.69 Å². The van der Waals surface area contributed by atoms with Gasteiger partial charge in [0.15, 0.2) is 5.82 Å². The van der Waals surface area contributed by atoms with Gasteiger partial charge in [-0.15, -0.1) is 0 Å². The fourth-order valence-electron chi connectivity index (χ4n) is 1.34. The Bertz CT molecular complexity index is 563. The van der Waals surface area contributed by atoms with Crippen molar-refractivity contribution in [1.82, 2.24) is 10.2 Å². The van der Waals surface area contributed by atoms with Crippen LogP contribution in [-0.2, 0) is 0 Å². The topological polar surface area (TPSA) is 95.8 Å². The highest BCUT2D eigenvalue weighted by molar-refractivity contribution is 6.30. The summed E-state index contributed by atoms with van der Waals surface area (Å²) in [6, 6.07) is 6.34. The van der Waals surface area contributed by atoms with Crippen LogP contribution in [0, 0.1) is 6.92 Å². The van der Waals surface area contributed by atoms with Gasteiger partial charge in [0.05, 0.1) is 11.4 Å². The van der Waals surface area contributed by atoms with E-state index in [2.05, 4.69) is 20.8 Å². The summed E-state index contributed by atoms with van der Waals surface area (Å²) in [5.41, 5.74) is 7.46. The number of H-pyrrole nitrogens is 1. The van der Waals surface area contributed by atoms with Crippen LogP contribution < -0.4 is 16.4 Å². The number of aryl methyl sites for hydroxylation is 1. The highest BCUT2D eigenvalue weighted by Crippen LogP contribution is 2.18. The quantitative estimate of drug-likeness (QED) is 0.672. The van der Waals surface area contributed by atoms with E-state index >= 15 is 0 Å². The highest BCUT2D eigenvalue weighted by atomic mass is 35.5. The lowest BCUT2D eigenvalue weighted by molar-refractivity contribution is 0.262. The van der Waals surface area contributed by atoms with E-state index in [-0.39, 0.29) is 0 Å². The number of rotatable bonds is 2. The van der Waals surface area contributed by atoms with Gasteiger partial charge in [-0.1, -0.05) is 11.6 Å². The van der Waals surface area contributed by atoms with Crippen LogP contribution >= 0.6 is 11.6 Å². The molecule has 0 atom stereocenters. The lowest BCUT2D eigenvalue weighted by Gasteiger charge is -2.06. The van der Waals surface area contributed by atoms with Crippen molar-refractivity contribution >= 4 is 34.8 Å². The summed E-state index contributed by atoms with van der Waals surface area (Å²) in [6.07, 6.45) is 0. The van der Waals surface area contributed by atoms with Crippen LogP contribution in [-0.4, -0.2) is 16.2 Å². The van der Waals surface area contributed by atoms with Gasteiger partial charge in [0, 0.05) is 10.7 Å². The summed E-state index contributed by atoms with van der Waals surface area (Å²) in [5.74, 6) is 0.305. The number of hydrogen-bond acceptors (Lipinski definition) is 3. The highest BCUT2D eigenvalue weighted by Gasteiger charge is 2.09. The summed E-state index contributed by atoms with van der Waals surface area (Å²) in [7, 11) is 0. The molecule has 1 aromatic carbocycles. The van der Waals surface area contributed by atoms with Gasteiger partial charge in [-0.25, -0.2) is 4.79 Å². The van der Waals surface area contributed by atoms with Gasteiger partial charge in [0.1, 0.15) is 0 Å². The number of nitrogen functional groups attached to an aromatic ring is 1. The minimum atomic E-state index is -0.421. The average Bonchev–Trinajstić information content (AvgIpc) is 2.64. The molecule has 1 heterocycles. The molecule has 18 heavy (non-hydrogen) atoms. The molecule has 0 bridgehead atoms. The number of hydrogen-bond donors (Lipinski definition) is 4. The third-order valence-electron chi connectivity index (χ3n) is 2.33. The zero-order chi connectivity index (χ0) is 13.1. The van der Waals surface area contributed by atoms with Gasteiger partial charge < -0.3 is 11.1 Å². The molecule has 0 unspecified atom stereocenters. The predicted octanol–water partition coefficient (Wildman–Crippen LogP) is 2.60. The number of anilines is 3. The number of carbonyl (C=O) groups is 1. The van der Waals surface area contributed by atoms with Crippen LogP contribution in [0.15, 0.2) is 24.3 Å². The molecule has 0 spiro atoms. The van der Waals surface area contributed by atoms with E-state index < -0.39 is 6.03 Å². The van der Waals surface area contributed by atoms with Gasteiger partial charge in [0.2, 0.25) is 0 Å². The van der Waals surface area contributed by atoms with Crippen LogP contribution in [0.2, 0.25) is 5.02 Å². The maximum absolute atomic E-state index is 11.7. The van der Waals surface area contributed by atoms with Crippen molar-refractivity contribution in [2.75, 3.05) is 16.4 Å². The monoisotopic (exact) mass is 265 g/mol. The molecule has 1 aromatic heterocycles. The molecule has 0 aliphatic carbocycles. The molecule has 7 heteroatoms. The maximum Gasteiger partial charge on any atom is 0.324 e. The van der Waals surface area contributed by atoms with Crippen molar-refractivity contribution in [3.05, 3.63) is 35.0 Å². The Labute approximate surface area is 109 Å². The Morgan fingerprint density at radius 3 is 2.56 bits per heavy atom. The zero-order valence-corrected chi connectivity index (χ0v) is 10.4. The first-order valence-electron chi connectivity index (χ1n) is 5.20. The Kier molecular flexibility index (Phi) is 3.38. The molecule has 2 aromatic rings. The number of nitrogens with one attached hydrogen (secondary N) is 3. The molecular formula is C11H12ClN5O. The first-order valence-corrected chi connectivity index (χ1v) is 5.58. The summed E-state index contributed by atoms with van der Waals surface area (Å²) >= 11 is 5.74.